The first kappa shape index (κ1) is 19.3. The molecule has 1 aromatic rings. The smallest absolute Gasteiger partial charge is 0.354 e. The highest BCUT2D eigenvalue weighted by molar-refractivity contribution is 6.34. The maximum absolute atomic E-state index is 12.8. The van der Waals surface area contributed by atoms with Crippen LogP contribution in [0.25, 0.3) is 0 Å². The number of hydrogen-bond donors (Lipinski definition) is 1. The molecule has 4 nitrogen and oxygen atoms in total. The Labute approximate surface area is 137 Å². The largest absolute Gasteiger partial charge is 0.416 e. The third kappa shape index (κ3) is 5.74. The lowest BCUT2D eigenvalue weighted by Crippen LogP contribution is -2.41. The van der Waals surface area contributed by atoms with Crippen LogP contribution in [0.5, 0.6) is 0 Å². The van der Waals surface area contributed by atoms with E-state index >= 15 is 0 Å². The van der Waals surface area contributed by atoms with Crippen LogP contribution in [-0.2, 0) is 15.8 Å². The summed E-state index contributed by atoms with van der Waals surface area (Å²) in [6.07, 6.45) is -4.57. The monoisotopic (exact) mass is 350 g/mol. The van der Waals surface area contributed by atoms with Crippen LogP contribution in [-0.4, -0.2) is 24.9 Å². The Morgan fingerprint density at radius 1 is 1.30 bits per heavy atom. The fourth-order valence-corrected chi connectivity index (χ4v) is 2.00. The molecule has 0 saturated carbocycles. The molecule has 0 aliphatic carbocycles. The van der Waals surface area contributed by atoms with Crippen LogP contribution in [0.1, 0.15) is 26.3 Å². The lowest BCUT2D eigenvalue weighted by atomic mass is 10.1. The molecule has 0 radical (unpaired) electrons. The Morgan fingerprint density at radius 2 is 1.91 bits per heavy atom. The van der Waals surface area contributed by atoms with Crippen LogP contribution in [0, 0.1) is 5.92 Å². The molecule has 23 heavy (non-hydrogen) atoms. The van der Waals surface area contributed by atoms with Gasteiger partial charge in [-0.25, -0.2) is 0 Å². The van der Waals surface area contributed by atoms with Gasteiger partial charge in [-0.3, -0.25) is 9.59 Å². The molecule has 0 bridgehead atoms. The summed E-state index contributed by atoms with van der Waals surface area (Å²) >= 11 is 5.90. The van der Waals surface area contributed by atoms with Gasteiger partial charge in [-0.1, -0.05) is 25.4 Å². The first-order valence-corrected chi connectivity index (χ1v) is 7.31. The summed E-state index contributed by atoms with van der Waals surface area (Å²) in [4.78, 5) is 24.5. The Kier molecular flexibility index (Phi) is 6.44. The quantitative estimate of drug-likeness (QED) is 0.883. The second-order valence-corrected chi connectivity index (χ2v) is 5.87. The van der Waals surface area contributed by atoms with Crippen molar-refractivity contribution in [3.63, 3.8) is 0 Å². The van der Waals surface area contributed by atoms with Crippen LogP contribution < -0.4 is 10.2 Å². The number of carbonyl (C=O) groups is 2. The van der Waals surface area contributed by atoms with Crippen molar-refractivity contribution >= 4 is 29.1 Å². The third-order valence-electron chi connectivity index (χ3n) is 2.95. The van der Waals surface area contributed by atoms with Gasteiger partial charge >= 0.3 is 6.18 Å². The van der Waals surface area contributed by atoms with Crippen molar-refractivity contribution < 1.29 is 22.8 Å². The van der Waals surface area contributed by atoms with Crippen molar-refractivity contribution in [2.24, 2.45) is 5.92 Å². The minimum atomic E-state index is -4.57. The summed E-state index contributed by atoms with van der Waals surface area (Å²) in [5.41, 5.74) is -1.08. The summed E-state index contributed by atoms with van der Waals surface area (Å²) in [6.45, 7) is 4.95. The topological polar surface area (TPSA) is 49.4 Å². The van der Waals surface area contributed by atoms with E-state index in [1.54, 1.807) is 0 Å². The number of nitrogens with one attached hydrogen (secondary N) is 1. The predicted molar refractivity (Wildman–Crippen MR) is 82.3 cm³/mol. The molecule has 0 unspecified atom stereocenters. The van der Waals surface area contributed by atoms with Crippen LogP contribution in [0.15, 0.2) is 18.2 Å². The van der Waals surface area contributed by atoms with Gasteiger partial charge in [0.1, 0.15) is 6.54 Å². The van der Waals surface area contributed by atoms with Gasteiger partial charge in [0.2, 0.25) is 11.8 Å². The SMILES string of the molecule is CC(=O)N(CC(=O)NCC(C)C)c1cc(C(F)(F)F)ccc1Cl. The number of nitrogens with zero attached hydrogens (tertiary/aromatic N) is 1. The van der Waals surface area contributed by atoms with E-state index in [9.17, 15) is 22.8 Å². The molecule has 1 rings (SSSR count). The third-order valence-corrected chi connectivity index (χ3v) is 3.27. The zero-order chi connectivity index (χ0) is 17.8. The van der Waals surface area contributed by atoms with E-state index in [1.807, 2.05) is 13.8 Å². The van der Waals surface area contributed by atoms with Gasteiger partial charge in [-0.2, -0.15) is 13.2 Å². The van der Waals surface area contributed by atoms with Crippen molar-refractivity contribution in [3.05, 3.63) is 28.8 Å². The van der Waals surface area contributed by atoms with Crippen molar-refractivity contribution in [1.82, 2.24) is 5.32 Å². The first-order valence-electron chi connectivity index (χ1n) is 6.94. The lowest BCUT2D eigenvalue weighted by molar-refractivity contribution is -0.137. The molecular weight excluding hydrogens is 333 g/mol. The zero-order valence-electron chi connectivity index (χ0n) is 13.0. The van der Waals surface area contributed by atoms with Gasteiger partial charge in [-0.05, 0) is 24.1 Å². The second-order valence-electron chi connectivity index (χ2n) is 5.47. The van der Waals surface area contributed by atoms with Gasteiger partial charge in [0.25, 0.3) is 0 Å². The number of alkyl halides is 3. The molecule has 128 valence electrons. The molecule has 2 amide bonds. The van der Waals surface area contributed by atoms with Gasteiger partial charge in [-0.15, -0.1) is 0 Å². The number of rotatable bonds is 5. The number of carbonyl (C=O) groups excluding carboxylic acids is 2. The number of benzene rings is 1. The van der Waals surface area contributed by atoms with Crippen LogP contribution in [0.2, 0.25) is 5.02 Å². The Hall–Kier alpha value is -1.76. The molecule has 1 N–H and O–H groups in total. The van der Waals surface area contributed by atoms with Gasteiger partial charge in [0.05, 0.1) is 16.3 Å². The summed E-state index contributed by atoms with van der Waals surface area (Å²) < 4.78 is 38.4. The zero-order valence-corrected chi connectivity index (χ0v) is 13.8. The summed E-state index contributed by atoms with van der Waals surface area (Å²) in [5, 5.41) is 2.57. The molecule has 0 aliphatic rings. The highest BCUT2D eigenvalue weighted by Gasteiger charge is 2.32. The number of halogens is 4. The van der Waals surface area contributed by atoms with Crippen LogP contribution >= 0.6 is 11.6 Å². The molecule has 0 spiro atoms. The normalized spacial score (nSPS) is 11.5. The molecule has 0 heterocycles. The number of hydrogen-bond acceptors (Lipinski definition) is 2. The van der Waals surface area contributed by atoms with E-state index in [2.05, 4.69) is 5.32 Å². The molecule has 0 atom stereocenters. The minimum absolute atomic E-state index is 0.0372. The van der Waals surface area contributed by atoms with Crippen LogP contribution in [0.3, 0.4) is 0 Å². The second kappa shape index (κ2) is 7.68. The number of anilines is 1. The highest BCUT2D eigenvalue weighted by atomic mass is 35.5. The predicted octanol–water partition coefficient (Wildman–Crippen LogP) is 3.48. The Morgan fingerprint density at radius 3 is 2.39 bits per heavy atom. The average Bonchev–Trinajstić information content (AvgIpc) is 2.41. The van der Waals surface area contributed by atoms with Crippen molar-refractivity contribution in [1.29, 1.82) is 0 Å². The standard InChI is InChI=1S/C15H18ClF3N2O2/c1-9(2)7-20-14(23)8-21(10(3)22)13-6-11(15(17,18)19)4-5-12(13)16/h4-6,9H,7-8H2,1-3H3,(H,20,23). The minimum Gasteiger partial charge on any atom is -0.354 e. The molecule has 0 aromatic heterocycles. The first-order chi connectivity index (χ1) is 10.5. The molecule has 1 aromatic carbocycles. The van der Waals surface area contributed by atoms with E-state index in [4.69, 9.17) is 11.6 Å². The maximum Gasteiger partial charge on any atom is 0.416 e. The Balaban J connectivity index is 3.06. The van der Waals surface area contributed by atoms with Crippen molar-refractivity contribution in [2.75, 3.05) is 18.0 Å². The van der Waals surface area contributed by atoms with E-state index < -0.39 is 30.1 Å². The number of amides is 2. The van der Waals surface area contributed by atoms with E-state index in [1.165, 1.54) is 0 Å². The van der Waals surface area contributed by atoms with Gasteiger partial charge < -0.3 is 10.2 Å². The average molecular weight is 351 g/mol. The summed E-state index contributed by atoms with van der Waals surface area (Å²) in [7, 11) is 0. The highest BCUT2D eigenvalue weighted by Crippen LogP contribution is 2.35. The van der Waals surface area contributed by atoms with E-state index in [0.29, 0.717) is 6.54 Å². The fourth-order valence-electron chi connectivity index (χ4n) is 1.78. The van der Waals surface area contributed by atoms with Gasteiger partial charge in [0.15, 0.2) is 0 Å². The van der Waals surface area contributed by atoms with Crippen molar-refractivity contribution in [2.45, 2.75) is 26.9 Å². The van der Waals surface area contributed by atoms with Crippen molar-refractivity contribution in [3.8, 4) is 0 Å². The molecule has 8 heteroatoms. The van der Waals surface area contributed by atoms with E-state index in [0.717, 1.165) is 30.0 Å². The molecule has 0 fully saturated rings. The summed E-state index contributed by atoms with van der Waals surface area (Å²) in [6, 6.07) is 2.64. The molecular formula is C15H18ClF3N2O2. The van der Waals surface area contributed by atoms with E-state index in [-0.39, 0.29) is 16.6 Å². The van der Waals surface area contributed by atoms with Gasteiger partial charge in [0, 0.05) is 13.5 Å². The molecule has 0 aliphatic heterocycles. The fraction of sp³-hybridized carbons (Fsp3) is 0.467. The van der Waals surface area contributed by atoms with Crippen LogP contribution in [0.4, 0.5) is 18.9 Å². The maximum atomic E-state index is 12.8. The molecule has 0 saturated heterocycles. The Bertz CT molecular complexity index is 589. The lowest BCUT2D eigenvalue weighted by Gasteiger charge is -2.23. The summed E-state index contributed by atoms with van der Waals surface area (Å²) in [5.74, 6) is -0.838.